The highest BCUT2D eigenvalue weighted by Gasteiger charge is 2.35. The van der Waals surface area contributed by atoms with E-state index in [0.29, 0.717) is 0 Å². The van der Waals surface area contributed by atoms with Gasteiger partial charge in [-0.1, -0.05) is 30.3 Å². The molecule has 1 atom stereocenters. The Bertz CT molecular complexity index is 492. The quantitative estimate of drug-likeness (QED) is 0.654. The van der Waals surface area contributed by atoms with Crippen LogP contribution in [0, 0.1) is 0 Å². The van der Waals surface area contributed by atoms with Crippen LogP contribution in [0.4, 0.5) is 4.79 Å². The molecule has 1 aromatic rings. The number of carbonyl (C=O) groups excluding carboxylic acids is 2. The van der Waals surface area contributed by atoms with E-state index in [4.69, 9.17) is 15.2 Å². The van der Waals surface area contributed by atoms with Gasteiger partial charge in [0.15, 0.2) is 5.66 Å². The van der Waals surface area contributed by atoms with Gasteiger partial charge in [-0.2, -0.15) is 0 Å². The Balaban J connectivity index is 2.50. The Morgan fingerprint density at radius 2 is 1.71 bits per heavy atom. The molecule has 0 radical (unpaired) electrons. The number of esters is 1. The number of rotatable bonds is 4. The van der Waals surface area contributed by atoms with Crippen molar-refractivity contribution in [2.24, 2.45) is 5.73 Å². The number of hydrogen-bond donors (Lipinski definition) is 2. The Hall–Kier alpha value is -2.08. The van der Waals surface area contributed by atoms with E-state index >= 15 is 0 Å². The first-order chi connectivity index (χ1) is 9.60. The molecule has 0 heterocycles. The van der Waals surface area contributed by atoms with Crippen molar-refractivity contribution in [2.75, 3.05) is 0 Å². The molecule has 6 nitrogen and oxygen atoms in total. The van der Waals surface area contributed by atoms with Crippen LogP contribution in [-0.2, 0) is 20.9 Å². The lowest BCUT2D eigenvalue weighted by molar-refractivity contribution is -0.162. The maximum absolute atomic E-state index is 11.9. The maximum atomic E-state index is 11.9. The van der Waals surface area contributed by atoms with E-state index < -0.39 is 23.3 Å². The van der Waals surface area contributed by atoms with Crippen LogP contribution >= 0.6 is 0 Å². The lowest BCUT2D eigenvalue weighted by Crippen LogP contribution is -2.61. The summed E-state index contributed by atoms with van der Waals surface area (Å²) in [6, 6.07) is 9.18. The summed E-state index contributed by atoms with van der Waals surface area (Å²) >= 11 is 0. The van der Waals surface area contributed by atoms with Crippen molar-refractivity contribution in [3.05, 3.63) is 35.9 Å². The third-order valence-corrected chi connectivity index (χ3v) is 2.40. The fraction of sp³-hybridized carbons (Fsp3) is 0.467. The number of nitrogens with one attached hydrogen (secondary N) is 1. The summed E-state index contributed by atoms with van der Waals surface area (Å²) in [5.74, 6) is -0.730. The molecule has 116 valence electrons. The van der Waals surface area contributed by atoms with Crippen LogP contribution in [0.2, 0.25) is 0 Å². The predicted molar refractivity (Wildman–Crippen MR) is 78.2 cm³/mol. The second-order valence-electron chi connectivity index (χ2n) is 5.89. The zero-order valence-corrected chi connectivity index (χ0v) is 12.8. The van der Waals surface area contributed by atoms with E-state index in [-0.39, 0.29) is 6.61 Å². The number of ether oxygens (including phenoxy) is 2. The van der Waals surface area contributed by atoms with Gasteiger partial charge in [-0.05, 0) is 33.3 Å². The highest BCUT2D eigenvalue weighted by molar-refractivity contribution is 5.84. The van der Waals surface area contributed by atoms with Crippen molar-refractivity contribution in [1.29, 1.82) is 0 Å². The Labute approximate surface area is 124 Å². The van der Waals surface area contributed by atoms with Crippen LogP contribution < -0.4 is 11.1 Å². The molecule has 1 amide bonds. The molecule has 1 rings (SSSR count). The van der Waals surface area contributed by atoms with Gasteiger partial charge in [0.1, 0.15) is 12.2 Å². The summed E-state index contributed by atoms with van der Waals surface area (Å²) in [6.07, 6.45) is -0.783. The van der Waals surface area contributed by atoms with E-state index in [1.807, 2.05) is 30.3 Å². The highest BCUT2D eigenvalue weighted by Crippen LogP contribution is 2.11. The summed E-state index contributed by atoms with van der Waals surface area (Å²) in [4.78, 5) is 23.6. The van der Waals surface area contributed by atoms with Crippen LogP contribution in [0.15, 0.2) is 30.3 Å². The van der Waals surface area contributed by atoms with Crippen LogP contribution in [0.25, 0.3) is 0 Å². The largest absolute Gasteiger partial charge is 0.457 e. The molecule has 0 spiro atoms. The Kier molecular flexibility index (Phi) is 5.32. The van der Waals surface area contributed by atoms with Crippen molar-refractivity contribution in [2.45, 2.75) is 45.6 Å². The van der Waals surface area contributed by atoms with Crippen molar-refractivity contribution in [3.63, 3.8) is 0 Å². The molecule has 1 aromatic carbocycles. The van der Waals surface area contributed by atoms with Crippen molar-refractivity contribution in [1.82, 2.24) is 5.32 Å². The van der Waals surface area contributed by atoms with Gasteiger partial charge < -0.3 is 9.47 Å². The molecular formula is C15H22N2O4. The first-order valence-electron chi connectivity index (χ1n) is 6.61. The van der Waals surface area contributed by atoms with Crippen molar-refractivity contribution < 1.29 is 19.1 Å². The minimum atomic E-state index is -1.65. The molecule has 21 heavy (non-hydrogen) atoms. The maximum Gasteiger partial charge on any atom is 0.409 e. The number of hydrogen-bond acceptors (Lipinski definition) is 5. The van der Waals surface area contributed by atoms with E-state index in [1.165, 1.54) is 6.92 Å². The van der Waals surface area contributed by atoms with Gasteiger partial charge in [-0.15, -0.1) is 0 Å². The zero-order chi connectivity index (χ0) is 16.1. The number of carbonyl (C=O) groups is 2. The summed E-state index contributed by atoms with van der Waals surface area (Å²) in [5.41, 5.74) is 4.25. The molecule has 0 saturated heterocycles. The van der Waals surface area contributed by atoms with Crippen LogP contribution in [0.5, 0.6) is 0 Å². The molecule has 0 saturated carbocycles. The third kappa shape index (κ3) is 6.27. The van der Waals surface area contributed by atoms with Gasteiger partial charge in [0.2, 0.25) is 0 Å². The van der Waals surface area contributed by atoms with E-state index in [1.54, 1.807) is 20.8 Å². The summed E-state index contributed by atoms with van der Waals surface area (Å²) < 4.78 is 10.1. The minimum absolute atomic E-state index is 0.0943. The summed E-state index contributed by atoms with van der Waals surface area (Å²) in [5, 5.41) is 2.29. The minimum Gasteiger partial charge on any atom is -0.457 e. The van der Waals surface area contributed by atoms with Crippen molar-refractivity contribution >= 4 is 12.1 Å². The highest BCUT2D eigenvalue weighted by atomic mass is 16.6. The zero-order valence-electron chi connectivity index (χ0n) is 12.8. The summed E-state index contributed by atoms with van der Waals surface area (Å²) in [7, 11) is 0. The first-order valence-corrected chi connectivity index (χ1v) is 6.61. The second kappa shape index (κ2) is 6.58. The fourth-order valence-corrected chi connectivity index (χ4v) is 1.41. The molecule has 3 N–H and O–H groups in total. The molecule has 6 heteroatoms. The molecule has 0 bridgehead atoms. The predicted octanol–water partition coefficient (Wildman–Crippen LogP) is 1.93. The Morgan fingerprint density at radius 1 is 1.14 bits per heavy atom. The third-order valence-electron chi connectivity index (χ3n) is 2.40. The van der Waals surface area contributed by atoms with E-state index in [2.05, 4.69) is 5.32 Å². The fourth-order valence-electron chi connectivity index (χ4n) is 1.41. The lowest BCUT2D eigenvalue weighted by Gasteiger charge is -2.28. The molecule has 0 aliphatic rings. The summed E-state index contributed by atoms with van der Waals surface area (Å²) in [6.45, 7) is 6.60. The number of benzene rings is 1. The molecule has 1 unspecified atom stereocenters. The van der Waals surface area contributed by atoms with Gasteiger partial charge in [0, 0.05) is 0 Å². The standard InChI is InChI=1S/C15H22N2O4/c1-14(2,3)21-12(18)15(4,16)17-13(19)20-10-11-8-6-5-7-9-11/h5-9H,10,16H2,1-4H3,(H,17,19). The van der Waals surface area contributed by atoms with E-state index in [0.717, 1.165) is 5.56 Å². The van der Waals surface area contributed by atoms with Gasteiger partial charge in [0.25, 0.3) is 0 Å². The monoisotopic (exact) mass is 294 g/mol. The first kappa shape index (κ1) is 17.0. The SMILES string of the molecule is CC(C)(C)OC(=O)C(C)(N)NC(=O)OCc1ccccc1. The average molecular weight is 294 g/mol. The smallest absolute Gasteiger partial charge is 0.409 e. The molecule has 0 aromatic heterocycles. The Morgan fingerprint density at radius 3 is 2.24 bits per heavy atom. The van der Waals surface area contributed by atoms with Crippen LogP contribution in [0.1, 0.15) is 33.3 Å². The average Bonchev–Trinajstić information content (AvgIpc) is 2.35. The second-order valence-corrected chi connectivity index (χ2v) is 5.89. The van der Waals surface area contributed by atoms with Crippen molar-refractivity contribution in [3.8, 4) is 0 Å². The molecule has 0 aliphatic heterocycles. The normalized spacial score (nSPS) is 14.0. The topological polar surface area (TPSA) is 90.6 Å². The lowest BCUT2D eigenvalue weighted by atomic mass is 10.1. The molecular weight excluding hydrogens is 272 g/mol. The van der Waals surface area contributed by atoms with Crippen LogP contribution in [0.3, 0.4) is 0 Å². The van der Waals surface area contributed by atoms with Gasteiger partial charge in [-0.25, -0.2) is 9.59 Å². The number of amides is 1. The van der Waals surface area contributed by atoms with Gasteiger partial charge >= 0.3 is 12.1 Å². The van der Waals surface area contributed by atoms with Gasteiger partial charge in [0.05, 0.1) is 0 Å². The number of alkyl carbamates (subject to hydrolysis) is 1. The molecule has 0 aliphatic carbocycles. The molecule has 0 fully saturated rings. The van der Waals surface area contributed by atoms with E-state index in [9.17, 15) is 9.59 Å². The van der Waals surface area contributed by atoms with Crippen LogP contribution in [-0.4, -0.2) is 23.3 Å². The number of nitrogens with two attached hydrogens (primary N) is 1. The van der Waals surface area contributed by atoms with Gasteiger partial charge in [-0.3, -0.25) is 11.1 Å².